The van der Waals surface area contributed by atoms with E-state index in [9.17, 15) is 9.59 Å². The molecule has 2 rings (SSSR count). The largest absolute Gasteiger partial charge is 0.343 e. The minimum Gasteiger partial charge on any atom is -0.343 e. The number of halogens is 1. The van der Waals surface area contributed by atoms with E-state index in [-0.39, 0.29) is 24.4 Å². The maximum absolute atomic E-state index is 11.9. The minimum atomic E-state index is -0.352. The molecule has 0 aliphatic carbocycles. The Labute approximate surface area is 133 Å². The molecule has 0 aliphatic rings. The fraction of sp³-hybridized carbons (Fsp3) is 0.267. The first-order valence-corrected chi connectivity index (χ1v) is 7.22. The number of hydrogen-bond acceptors (Lipinski definition) is 3. The van der Waals surface area contributed by atoms with Crippen LogP contribution in [0.2, 0.25) is 5.02 Å². The molecule has 0 bridgehead atoms. The molecule has 0 fully saturated rings. The Hall–Kier alpha value is -2.34. The summed E-state index contributed by atoms with van der Waals surface area (Å²) in [6.45, 7) is 3.79. The molecule has 6 nitrogen and oxygen atoms in total. The average molecular weight is 321 g/mol. The molecular formula is C15H17ClN4O2. The van der Waals surface area contributed by atoms with Crippen molar-refractivity contribution in [2.24, 2.45) is 0 Å². The van der Waals surface area contributed by atoms with E-state index >= 15 is 0 Å². The molecule has 7 heteroatoms. The van der Waals surface area contributed by atoms with Gasteiger partial charge < -0.3 is 10.6 Å². The highest BCUT2D eigenvalue weighted by Gasteiger charge is 2.11. The van der Waals surface area contributed by atoms with Gasteiger partial charge in [0.2, 0.25) is 5.91 Å². The van der Waals surface area contributed by atoms with Gasteiger partial charge in [0, 0.05) is 22.7 Å². The van der Waals surface area contributed by atoms with Gasteiger partial charge in [0.25, 0.3) is 5.91 Å². The molecule has 0 atom stereocenters. The lowest BCUT2D eigenvalue weighted by Crippen LogP contribution is -2.33. The van der Waals surface area contributed by atoms with E-state index in [1.54, 1.807) is 41.2 Å². The number of hydrogen-bond donors (Lipinski definition) is 2. The highest BCUT2D eigenvalue weighted by Crippen LogP contribution is 2.13. The minimum absolute atomic E-state index is 0.130. The Bertz CT molecular complexity index is 682. The van der Waals surface area contributed by atoms with Crippen LogP contribution in [0, 0.1) is 0 Å². The van der Waals surface area contributed by atoms with Crippen LogP contribution in [0.3, 0.4) is 0 Å². The van der Waals surface area contributed by atoms with E-state index in [0.29, 0.717) is 16.4 Å². The average Bonchev–Trinajstić information content (AvgIpc) is 2.93. The van der Waals surface area contributed by atoms with Crippen molar-refractivity contribution < 1.29 is 9.59 Å². The number of amides is 2. The predicted octanol–water partition coefficient (Wildman–Crippen LogP) is 2.49. The summed E-state index contributed by atoms with van der Waals surface area (Å²) in [4.78, 5) is 23.8. The lowest BCUT2D eigenvalue weighted by Gasteiger charge is -2.12. The molecule has 1 aromatic heterocycles. The smallest absolute Gasteiger partial charge is 0.251 e. The van der Waals surface area contributed by atoms with Gasteiger partial charge in [-0.3, -0.25) is 9.59 Å². The van der Waals surface area contributed by atoms with Gasteiger partial charge in [-0.2, -0.15) is 5.10 Å². The van der Waals surface area contributed by atoms with Crippen molar-refractivity contribution in [1.82, 2.24) is 15.1 Å². The highest BCUT2D eigenvalue weighted by atomic mass is 35.5. The SMILES string of the molecule is CC(C)n1nccc1NC(=O)CNC(=O)c1cccc(Cl)c1. The van der Waals surface area contributed by atoms with E-state index in [0.717, 1.165) is 0 Å². The predicted molar refractivity (Wildman–Crippen MR) is 85.0 cm³/mol. The van der Waals surface area contributed by atoms with Crippen LogP contribution in [0.4, 0.5) is 5.82 Å². The summed E-state index contributed by atoms with van der Waals surface area (Å²) in [5.41, 5.74) is 0.410. The molecule has 1 heterocycles. The molecule has 0 saturated carbocycles. The van der Waals surface area contributed by atoms with Gasteiger partial charge in [-0.15, -0.1) is 0 Å². The summed E-state index contributed by atoms with van der Waals surface area (Å²) in [7, 11) is 0. The van der Waals surface area contributed by atoms with Crippen LogP contribution in [0.1, 0.15) is 30.2 Å². The van der Waals surface area contributed by atoms with Crippen LogP contribution in [-0.2, 0) is 4.79 Å². The van der Waals surface area contributed by atoms with Crippen LogP contribution < -0.4 is 10.6 Å². The summed E-state index contributed by atoms with van der Waals surface area (Å²) >= 11 is 5.82. The zero-order chi connectivity index (χ0) is 16.1. The van der Waals surface area contributed by atoms with Crippen molar-refractivity contribution >= 4 is 29.2 Å². The second kappa shape index (κ2) is 7.09. The molecule has 0 radical (unpaired) electrons. The number of nitrogens with zero attached hydrogens (tertiary/aromatic N) is 2. The first kappa shape index (κ1) is 16.0. The second-order valence-corrected chi connectivity index (χ2v) is 5.43. The molecule has 2 aromatic rings. The summed E-state index contributed by atoms with van der Waals surface area (Å²) in [6, 6.07) is 8.37. The first-order valence-electron chi connectivity index (χ1n) is 6.84. The number of rotatable bonds is 5. The molecule has 116 valence electrons. The van der Waals surface area contributed by atoms with Crippen molar-refractivity contribution in [2.75, 3.05) is 11.9 Å². The molecule has 1 aromatic carbocycles. The summed E-state index contributed by atoms with van der Waals surface area (Å²) < 4.78 is 1.69. The van der Waals surface area contributed by atoms with Crippen LogP contribution in [-0.4, -0.2) is 28.1 Å². The normalized spacial score (nSPS) is 10.5. The van der Waals surface area contributed by atoms with E-state index in [2.05, 4.69) is 15.7 Å². The van der Waals surface area contributed by atoms with Crippen LogP contribution >= 0.6 is 11.6 Å². The van der Waals surface area contributed by atoms with E-state index in [4.69, 9.17) is 11.6 Å². The monoisotopic (exact) mass is 320 g/mol. The zero-order valence-electron chi connectivity index (χ0n) is 12.3. The number of aromatic nitrogens is 2. The Morgan fingerprint density at radius 2 is 2.09 bits per heavy atom. The number of benzene rings is 1. The van der Waals surface area contributed by atoms with E-state index in [1.165, 1.54) is 0 Å². The second-order valence-electron chi connectivity index (χ2n) is 5.00. The topological polar surface area (TPSA) is 76.0 Å². The fourth-order valence-electron chi connectivity index (χ4n) is 1.90. The van der Waals surface area contributed by atoms with Crippen LogP contribution in [0.25, 0.3) is 0 Å². The Kier molecular flexibility index (Phi) is 5.16. The Morgan fingerprint density at radius 3 is 2.77 bits per heavy atom. The van der Waals surface area contributed by atoms with Gasteiger partial charge in [0.15, 0.2) is 0 Å². The number of carbonyl (C=O) groups excluding carboxylic acids is 2. The third kappa shape index (κ3) is 4.08. The quantitative estimate of drug-likeness (QED) is 0.888. The molecule has 2 amide bonds. The third-order valence-electron chi connectivity index (χ3n) is 2.92. The van der Waals surface area contributed by atoms with E-state index < -0.39 is 0 Å². The van der Waals surface area contributed by atoms with Crippen molar-refractivity contribution in [1.29, 1.82) is 0 Å². The molecule has 0 saturated heterocycles. The number of nitrogens with one attached hydrogen (secondary N) is 2. The number of anilines is 1. The maximum Gasteiger partial charge on any atom is 0.251 e. The molecule has 22 heavy (non-hydrogen) atoms. The van der Waals surface area contributed by atoms with Crippen molar-refractivity contribution in [3.8, 4) is 0 Å². The molecule has 0 unspecified atom stereocenters. The Balaban J connectivity index is 1.90. The third-order valence-corrected chi connectivity index (χ3v) is 3.16. The zero-order valence-corrected chi connectivity index (χ0v) is 13.1. The van der Waals surface area contributed by atoms with Crippen molar-refractivity contribution in [2.45, 2.75) is 19.9 Å². The molecular weight excluding hydrogens is 304 g/mol. The lowest BCUT2D eigenvalue weighted by atomic mass is 10.2. The highest BCUT2D eigenvalue weighted by molar-refractivity contribution is 6.31. The lowest BCUT2D eigenvalue weighted by molar-refractivity contribution is -0.115. The van der Waals surface area contributed by atoms with E-state index in [1.807, 2.05) is 13.8 Å². The van der Waals surface area contributed by atoms with Gasteiger partial charge in [-0.25, -0.2) is 4.68 Å². The Morgan fingerprint density at radius 1 is 1.32 bits per heavy atom. The molecule has 0 aliphatic heterocycles. The van der Waals surface area contributed by atoms with Crippen molar-refractivity contribution in [3.05, 3.63) is 47.1 Å². The van der Waals surface area contributed by atoms with Crippen LogP contribution in [0.5, 0.6) is 0 Å². The van der Waals surface area contributed by atoms with Crippen molar-refractivity contribution in [3.63, 3.8) is 0 Å². The first-order chi connectivity index (χ1) is 10.5. The fourth-order valence-corrected chi connectivity index (χ4v) is 2.09. The number of carbonyl (C=O) groups is 2. The van der Waals surface area contributed by atoms with Gasteiger partial charge in [-0.1, -0.05) is 17.7 Å². The summed E-state index contributed by atoms with van der Waals surface area (Å²) in [6.07, 6.45) is 1.61. The summed E-state index contributed by atoms with van der Waals surface area (Å²) in [5, 5.41) is 9.85. The maximum atomic E-state index is 11.9. The van der Waals surface area contributed by atoms with Gasteiger partial charge in [-0.05, 0) is 32.0 Å². The van der Waals surface area contributed by atoms with Crippen LogP contribution in [0.15, 0.2) is 36.5 Å². The summed E-state index contributed by atoms with van der Waals surface area (Å²) in [5.74, 6) is -0.0789. The standard InChI is InChI=1S/C15H17ClN4O2/c1-10(2)20-13(6-7-18-20)19-14(21)9-17-15(22)11-4-3-5-12(16)8-11/h3-8,10H,9H2,1-2H3,(H,17,22)(H,19,21). The molecule has 2 N–H and O–H groups in total. The van der Waals surface area contributed by atoms with Gasteiger partial charge >= 0.3 is 0 Å². The van der Waals surface area contributed by atoms with Gasteiger partial charge in [0.1, 0.15) is 5.82 Å². The van der Waals surface area contributed by atoms with Gasteiger partial charge in [0.05, 0.1) is 12.7 Å². The molecule has 0 spiro atoms.